The van der Waals surface area contributed by atoms with Gasteiger partial charge in [-0.25, -0.2) is 9.97 Å². The summed E-state index contributed by atoms with van der Waals surface area (Å²) < 4.78 is 5.78. The molecule has 2 aliphatic rings. The fourth-order valence-corrected chi connectivity index (χ4v) is 3.08. The predicted molar refractivity (Wildman–Crippen MR) is 82.7 cm³/mol. The minimum Gasteiger partial charge on any atom is -0.472 e. The molecule has 0 radical (unpaired) electrons. The standard InChI is InChI=1S/C16H19N5O3/c17-9-13-16(19-8-7-18-13)24-11-3-1-10(2-4-11)20-15(23)12-5-6-14(22)21-12/h7-8,10-12H,1-6H2,(H,20,23)(H,21,22). The summed E-state index contributed by atoms with van der Waals surface area (Å²) in [4.78, 5) is 31.3. The topological polar surface area (TPSA) is 117 Å². The van der Waals surface area contributed by atoms with Crippen LogP contribution < -0.4 is 15.4 Å². The normalized spacial score (nSPS) is 26.3. The van der Waals surface area contributed by atoms with Gasteiger partial charge in [0.25, 0.3) is 5.88 Å². The maximum atomic E-state index is 12.1. The van der Waals surface area contributed by atoms with Crippen LogP contribution in [-0.4, -0.2) is 40.0 Å². The number of ether oxygens (including phenoxy) is 1. The summed E-state index contributed by atoms with van der Waals surface area (Å²) >= 11 is 0. The molecule has 24 heavy (non-hydrogen) atoms. The van der Waals surface area contributed by atoms with Gasteiger partial charge in [-0.3, -0.25) is 9.59 Å². The lowest BCUT2D eigenvalue weighted by Crippen LogP contribution is -2.47. The van der Waals surface area contributed by atoms with Crippen molar-refractivity contribution in [3.05, 3.63) is 18.1 Å². The van der Waals surface area contributed by atoms with Crippen molar-refractivity contribution in [2.24, 2.45) is 0 Å². The molecule has 1 saturated carbocycles. The van der Waals surface area contributed by atoms with Crippen LogP contribution in [0.3, 0.4) is 0 Å². The first kappa shape index (κ1) is 16.2. The van der Waals surface area contributed by atoms with Crippen LogP contribution in [0.2, 0.25) is 0 Å². The highest BCUT2D eigenvalue weighted by Crippen LogP contribution is 2.24. The van der Waals surface area contributed by atoms with Gasteiger partial charge in [0.05, 0.1) is 0 Å². The van der Waals surface area contributed by atoms with E-state index in [-0.39, 0.29) is 35.5 Å². The number of hydrogen-bond donors (Lipinski definition) is 2. The van der Waals surface area contributed by atoms with Gasteiger partial charge in [-0.2, -0.15) is 5.26 Å². The van der Waals surface area contributed by atoms with Crippen LogP contribution in [0, 0.1) is 11.3 Å². The van der Waals surface area contributed by atoms with Crippen LogP contribution in [0.5, 0.6) is 5.88 Å². The van der Waals surface area contributed by atoms with Crippen LogP contribution in [-0.2, 0) is 9.59 Å². The van der Waals surface area contributed by atoms with Gasteiger partial charge in [-0.15, -0.1) is 0 Å². The number of amides is 2. The minimum atomic E-state index is -0.399. The van der Waals surface area contributed by atoms with Gasteiger partial charge in [0.1, 0.15) is 18.2 Å². The van der Waals surface area contributed by atoms with Gasteiger partial charge < -0.3 is 15.4 Å². The van der Waals surface area contributed by atoms with E-state index < -0.39 is 6.04 Å². The summed E-state index contributed by atoms with van der Waals surface area (Å²) in [6.45, 7) is 0. The second kappa shape index (κ2) is 7.25. The van der Waals surface area contributed by atoms with Gasteiger partial charge in [0.15, 0.2) is 0 Å². The van der Waals surface area contributed by atoms with Crippen molar-refractivity contribution < 1.29 is 14.3 Å². The number of rotatable bonds is 4. The Bertz CT molecular complexity index is 664. The van der Waals surface area contributed by atoms with Gasteiger partial charge in [0.2, 0.25) is 17.5 Å². The maximum Gasteiger partial charge on any atom is 0.251 e. The molecule has 1 aromatic rings. The van der Waals surface area contributed by atoms with E-state index in [1.165, 1.54) is 12.4 Å². The third-order valence-corrected chi connectivity index (χ3v) is 4.38. The Labute approximate surface area is 139 Å². The fourth-order valence-electron chi connectivity index (χ4n) is 3.08. The Morgan fingerprint density at radius 2 is 2.00 bits per heavy atom. The molecule has 3 rings (SSSR count). The van der Waals surface area contributed by atoms with Gasteiger partial charge >= 0.3 is 0 Å². The van der Waals surface area contributed by atoms with Crippen molar-refractivity contribution in [1.82, 2.24) is 20.6 Å². The lowest BCUT2D eigenvalue weighted by atomic mass is 9.92. The molecule has 126 valence electrons. The molecule has 1 aliphatic carbocycles. The number of nitrogens with one attached hydrogen (secondary N) is 2. The first-order valence-corrected chi connectivity index (χ1v) is 8.13. The molecule has 0 spiro atoms. The molecule has 2 fully saturated rings. The summed E-state index contributed by atoms with van der Waals surface area (Å²) in [5, 5.41) is 14.7. The summed E-state index contributed by atoms with van der Waals surface area (Å²) in [5.74, 6) is 0.0941. The van der Waals surface area contributed by atoms with E-state index in [2.05, 4.69) is 20.6 Å². The molecule has 0 aromatic carbocycles. The SMILES string of the molecule is N#Cc1nccnc1OC1CCC(NC(=O)C2CCC(=O)N2)CC1. The lowest BCUT2D eigenvalue weighted by Gasteiger charge is -2.29. The van der Waals surface area contributed by atoms with Crippen molar-refractivity contribution >= 4 is 11.8 Å². The van der Waals surface area contributed by atoms with E-state index in [1.54, 1.807) is 0 Å². The van der Waals surface area contributed by atoms with Crippen molar-refractivity contribution in [2.75, 3.05) is 0 Å². The van der Waals surface area contributed by atoms with E-state index in [1.807, 2.05) is 6.07 Å². The average molecular weight is 329 g/mol. The summed E-state index contributed by atoms with van der Waals surface area (Å²) in [6, 6.07) is 1.66. The smallest absolute Gasteiger partial charge is 0.251 e. The largest absolute Gasteiger partial charge is 0.472 e. The van der Waals surface area contributed by atoms with Crippen LogP contribution in [0.4, 0.5) is 0 Å². The second-order valence-corrected chi connectivity index (χ2v) is 6.08. The number of hydrogen-bond acceptors (Lipinski definition) is 6. The Morgan fingerprint density at radius 3 is 2.67 bits per heavy atom. The van der Waals surface area contributed by atoms with Gasteiger partial charge in [0, 0.05) is 24.9 Å². The van der Waals surface area contributed by atoms with E-state index >= 15 is 0 Å². The number of carbonyl (C=O) groups excluding carboxylic acids is 2. The average Bonchev–Trinajstić information content (AvgIpc) is 3.04. The first-order valence-electron chi connectivity index (χ1n) is 8.13. The highest BCUT2D eigenvalue weighted by molar-refractivity contribution is 5.90. The molecule has 8 nitrogen and oxygen atoms in total. The summed E-state index contributed by atoms with van der Waals surface area (Å²) in [5.41, 5.74) is 0.185. The Balaban J connectivity index is 1.47. The zero-order valence-corrected chi connectivity index (χ0v) is 13.2. The highest BCUT2D eigenvalue weighted by atomic mass is 16.5. The molecule has 1 aromatic heterocycles. The van der Waals surface area contributed by atoms with Crippen LogP contribution in [0.15, 0.2) is 12.4 Å². The van der Waals surface area contributed by atoms with Crippen LogP contribution in [0.25, 0.3) is 0 Å². The fraction of sp³-hybridized carbons (Fsp3) is 0.562. The molecule has 1 unspecified atom stereocenters. The van der Waals surface area contributed by atoms with Crippen molar-refractivity contribution in [3.63, 3.8) is 0 Å². The molecule has 1 saturated heterocycles. The number of carbonyl (C=O) groups is 2. The number of nitriles is 1. The van der Waals surface area contributed by atoms with Crippen molar-refractivity contribution in [1.29, 1.82) is 5.26 Å². The van der Waals surface area contributed by atoms with Crippen LogP contribution in [0.1, 0.15) is 44.2 Å². The lowest BCUT2D eigenvalue weighted by molar-refractivity contribution is -0.126. The Hall–Kier alpha value is -2.69. The summed E-state index contributed by atoms with van der Waals surface area (Å²) in [7, 11) is 0. The van der Waals surface area contributed by atoms with Gasteiger partial charge in [-0.1, -0.05) is 0 Å². The van der Waals surface area contributed by atoms with E-state index in [4.69, 9.17) is 10.00 Å². The molecule has 1 aliphatic heterocycles. The number of nitrogens with zero attached hydrogens (tertiary/aromatic N) is 3. The van der Waals surface area contributed by atoms with E-state index in [0.29, 0.717) is 12.8 Å². The molecule has 0 bridgehead atoms. The molecule has 2 amide bonds. The monoisotopic (exact) mass is 329 g/mol. The number of aromatic nitrogens is 2. The molecular weight excluding hydrogens is 310 g/mol. The quantitative estimate of drug-likeness (QED) is 0.827. The maximum absolute atomic E-state index is 12.1. The molecule has 2 heterocycles. The highest BCUT2D eigenvalue weighted by Gasteiger charge is 2.30. The van der Waals surface area contributed by atoms with E-state index in [9.17, 15) is 9.59 Å². The Kier molecular flexibility index (Phi) is 4.89. The molecular formula is C16H19N5O3. The second-order valence-electron chi connectivity index (χ2n) is 6.08. The third kappa shape index (κ3) is 3.79. The van der Waals surface area contributed by atoms with Crippen molar-refractivity contribution in [3.8, 4) is 11.9 Å². The zero-order chi connectivity index (χ0) is 16.9. The van der Waals surface area contributed by atoms with Crippen LogP contribution >= 0.6 is 0 Å². The molecule has 8 heteroatoms. The zero-order valence-electron chi connectivity index (χ0n) is 13.2. The van der Waals surface area contributed by atoms with E-state index in [0.717, 1.165) is 25.7 Å². The van der Waals surface area contributed by atoms with Crippen molar-refractivity contribution in [2.45, 2.75) is 56.7 Å². The third-order valence-electron chi connectivity index (χ3n) is 4.38. The first-order chi connectivity index (χ1) is 11.7. The van der Waals surface area contributed by atoms with Gasteiger partial charge in [-0.05, 0) is 32.1 Å². The Morgan fingerprint density at radius 1 is 1.25 bits per heavy atom. The molecule has 1 atom stereocenters. The predicted octanol–water partition coefficient (Wildman–Crippen LogP) is 0.433. The summed E-state index contributed by atoms with van der Waals surface area (Å²) in [6.07, 6.45) is 7.02. The minimum absolute atomic E-state index is 0.0341. The molecule has 2 N–H and O–H groups in total.